The van der Waals surface area contributed by atoms with Crippen molar-refractivity contribution in [2.75, 3.05) is 37.6 Å². The molecule has 0 aliphatic carbocycles. The number of hydrogen-bond donors (Lipinski definition) is 2. The quantitative estimate of drug-likeness (QED) is 0.713. The number of anilines is 1. The standard InChI is InChI=1S/C21H25FN4O2/c22-18-4-6-19(7-5-18)25-10-12-26(13-11-25)20(27)8-9-24-15-16-2-1-3-17(14-16)21(23)28/h1-7,14,24H,8-13,15H2,(H2,23,28). The highest BCUT2D eigenvalue weighted by Crippen LogP contribution is 2.17. The highest BCUT2D eigenvalue weighted by Gasteiger charge is 2.20. The summed E-state index contributed by atoms with van der Waals surface area (Å²) in [6.45, 7) is 3.95. The third-order valence-electron chi connectivity index (χ3n) is 4.88. The lowest BCUT2D eigenvalue weighted by molar-refractivity contribution is -0.131. The summed E-state index contributed by atoms with van der Waals surface area (Å²) in [6, 6.07) is 13.6. The van der Waals surface area contributed by atoms with E-state index in [2.05, 4.69) is 10.2 Å². The smallest absolute Gasteiger partial charge is 0.248 e. The molecule has 1 heterocycles. The summed E-state index contributed by atoms with van der Waals surface area (Å²) in [5.41, 5.74) is 7.70. The molecule has 0 radical (unpaired) electrons. The fourth-order valence-electron chi connectivity index (χ4n) is 3.29. The largest absolute Gasteiger partial charge is 0.368 e. The molecule has 1 saturated heterocycles. The van der Waals surface area contributed by atoms with Gasteiger partial charge in [0.05, 0.1) is 0 Å². The Bertz CT molecular complexity index is 817. The molecule has 0 spiro atoms. The Morgan fingerprint density at radius 3 is 2.43 bits per heavy atom. The van der Waals surface area contributed by atoms with E-state index < -0.39 is 5.91 Å². The number of nitrogens with two attached hydrogens (primary N) is 1. The molecular weight excluding hydrogens is 359 g/mol. The zero-order valence-electron chi connectivity index (χ0n) is 15.7. The molecule has 1 fully saturated rings. The number of rotatable bonds is 7. The van der Waals surface area contributed by atoms with E-state index in [9.17, 15) is 14.0 Å². The van der Waals surface area contributed by atoms with Crippen LogP contribution in [0.4, 0.5) is 10.1 Å². The minimum absolute atomic E-state index is 0.122. The van der Waals surface area contributed by atoms with Crippen LogP contribution >= 0.6 is 0 Å². The second kappa shape index (κ2) is 9.32. The maximum atomic E-state index is 13.0. The molecule has 2 aromatic rings. The Kier molecular flexibility index (Phi) is 6.60. The number of nitrogens with zero attached hydrogens (tertiary/aromatic N) is 2. The zero-order chi connectivity index (χ0) is 19.9. The molecule has 6 nitrogen and oxygen atoms in total. The van der Waals surface area contributed by atoms with Gasteiger partial charge in [0.15, 0.2) is 0 Å². The lowest BCUT2D eigenvalue weighted by Crippen LogP contribution is -2.49. The molecule has 1 aliphatic heterocycles. The van der Waals surface area contributed by atoms with E-state index in [1.807, 2.05) is 11.0 Å². The van der Waals surface area contributed by atoms with Crippen molar-refractivity contribution in [2.24, 2.45) is 5.73 Å². The van der Waals surface area contributed by atoms with Crippen LogP contribution in [-0.2, 0) is 11.3 Å². The summed E-state index contributed by atoms with van der Waals surface area (Å²) < 4.78 is 13.0. The van der Waals surface area contributed by atoms with E-state index in [0.717, 1.165) is 24.3 Å². The number of amides is 2. The molecule has 0 unspecified atom stereocenters. The van der Waals surface area contributed by atoms with Crippen molar-refractivity contribution in [3.63, 3.8) is 0 Å². The Morgan fingerprint density at radius 1 is 1.04 bits per heavy atom. The van der Waals surface area contributed by atoms with Gasteiger partial charge < -0.3 is 20.9 Å². The van der Waals surface area contributed by atoms with Crippen molar-refractivity contribution in [1.29, 1.82) is 0 Å². The molecule has 2 aromatic carbocycles. The molecule has 0 atom stereocenters. The first-order valence-electron chi connectivity index (χ1n) is 9.40. The Hall–Kier alpha value is -2.93. The molecule has 148 valence electrons. The third kappa shape index (κ3) is 5.29. The van der Waals surface area contributed by atoms with Gasteiger partial charge >= 0.3 is 0 Å². The zero-order valence-corrected chi connectivity index (χ0v) is 15.7. The maximum absolute atomic E-state index is 13.0. The fourth-order valence-corrected chi connectivity index (χ4v) is 3.29. The lowest BCUT2D eigenvalue weighted by atomic mass is 10.1. The first-order valence-corrected chi connectivity index (χ1v) is 9.40. The second-order valence-corrected chi connectivity index (χ2v) is 6.84. The monoisotopic (exact) mass is 384 g/mol. The van der Waals surface area contributed by atoms with Crippen LogP contribution in [0.5, 0.6) is 0 Å². The lowest BCUT2D eigenvalue weighted by Gasteiger charge is -2.36. The molecule has 0 aromatic heterocycles. The van der Waals surface area contributed by atoms with Crippen molar-refractivity contribution in [1.82, 2.24) is 10.2 Å². The molecule has 7 heteroatoms. The van der Waals surface area contributed by atoms with E-state index in [0.29, 0.717) is 38.2 Å². The third-order valence-corrected chi connectivity index (χ3v) is 4.88. The summed E-state index contributed by atoms with van der Waals surface area (Å²) in [4.78, 5) is 27.6. The Morgan fingerprint density at radius 2 is 1.75 bits per heavy atom. The molecule has 3 N–H and O–H groups in total. The molecular formula is C21H25FN4O2. The molecule has 0 saturated carbocycles. The summed E-state index contributed by atoms with van der Waals surface area (Å²) >= 11 is 0. The van der Waals surface area contributed by atoms with Crippen molar-refractivity contribution < 1.29 is 14.0 Å². The summed E-state index contributed by atoms with van der Waals surface area (Å²) in [7, 11) is 0. The summed E-state index contributed by atoms with van der Waals surface area (Å²) in [5, 5.41) is 3.23. The van der Waals surface area contributed by atoms with Crippen molar-refractivity contribution in [2.45, 2.75) is 13.0 Å². The highest BCUT2D eigenvalue weighted by molar-refractivity contribution is 5.92. The first-order chi connectivity index (χ1) is 13.5. The maximum Gasteiger partial charge on any atom is 0.248 e. The van der Waals surface area contributed by atoms with Gasteiger partial charge in [0.25, 0.3) is 0 Å². The number of benzene rings is 2. The van der Waals surface area contributed by atoms with E-state index in [1.165, 1.54) is 12.1 Å². The molecule has 1 aliphatic rings. The predicted molar refractivity (Wildman–Crippen MR) is 106 cm³/mol. The van der Waals surface area contributed by atoms with E-state index in [-0.39, 0.29) is 11.7 Å². The van der Waals surface area contributed by atoms with Crippen LogP contribution in [0.3, 0.4) is 0 Å². The van der Waals surface area contributed by atoms with E-state index in [4.69, 9.17) is 5.73 Å². The number of carbonyl (C=O) groups is 2. The van der Waals surface area contributed by atoms with Crippen molar-refractivity contribution in [3.05, 3.63) is 65.5 Å². The van der Waals surface area contributed by atoms with Gasteiger partial charge in [0.1, 0.15) is 5.82 Å². The number of halogens is 1. The SMILES string of the molecule is NC(=O)c1cccc(CNCCC(=O)N2CCN(c3ccc(F)cc3)CC2)c1. The summed E-state index contributed by atoms with van der Waals surface area (Å²) in [5.74, 6) is -0.569. The van der Waals surface area contributed by atoms with Crippen molar-refractivity contribution >= 4 is 17.5 Å². The van der Waals surface area contributed by atoms with Gasteiger partial charge in [-0.1, -0.05) is 12.1 Å². The average Bonchev–Trinajstić information content (AvgIpc) is 2.72. The van der Waals surface area contributed by atoms with E-state index >= 15 is 0 Å². The van der Waals surface area contributed by atoms with Gasteiger partial charge in [0, 0.05) is 56.9 Å². The summed E-state index contributed by atoms with van der Waals surface area (Å²) in [6.07, 6.45) is 0.423. The van der Waals surface area contributed by atoms with Crippen LogP contribution in [0.25, 0.3) is 0 Å². The number of carbonyl (C=O) groups excluding carboxylic acids is 2. The van der Waals surface area contributed by atoms with Crippen LogP contribution < -0.4 is 16.0 Å². The minimum atomic E-state index is -0.447. The van der Waals surface area contributed by atoms with Crippen molar-refractivity contribution in [3.8, 4) is 0 Å². The average molecular weight is 384 g/mol. The number of primary amides is 1. The van der Waals surface area contributed by atoms with Crippen LogP contribution in [0.2, 0.25) is 0 Å². The number of piperazine rings is 1. The van der Waals surface area contributed by atoms with Gasteiger partial charge in [-0.2, -0.15) is 0 Å². The van der Waals surface area contributed by atoms with Crippen LogP contribution in [0.15, 0.2) is 48.5 Å². The van der Waals surface area contributed by atoms with Crippen LogP contribution in [0, 0.1) is 5.82 Å². The topological polar surface area (TPSA) is 78.7 Å². The van der Waals surface area contributed by atoms with E-state index in [1.54, 1.807) is 30.3 Å². The normalized spacial score (nSPS) is 14.2. The van der Waals surface area contributed by atoms with Gasteiger partial charge in [-0.05, 0) is 42.0 Å². The fraction of sp³-hybridized carbons (Fsp3) is 0.333. The number of hydrogen-bond acceptors (Lipinski definition) is 4. The Balaban J connectivity index is 1.38. The Labute approximate surface area is 164 Å². The second-order valence-electron chi connectivity index (χ2n) is 6.84. The minimum Gasteiger partial charge on any atom is -0.368 e. The van der Waals surface area contributed by atoms with Gasteiger partial charge in [-0.25, -0.2) is 4.39 Å². The molecule has 0 bridgehead atoms. The van der Waals surface area contributed by atoms with Crippen LogP contribution in [0.1, 0.15) is 22.3 Å². The first kappa shape index (κ1) is 19.8. The van der Waals surface area contributed by atoms with Gasteiger partial charge in [-0.3, -0.25) is 9.59 Å². The molecule has 3 rings (SSSR count). The molecule has 28 heavy (non-hydrogen) atoms. The van der Waals surface area contributed by atoms with Crippen LogP contribution in [-0.4, -0.2) is 49.4 Å². The highest BCUT2D eigenvalue weighted by atomic mass is 19.1. The van der Waals surface area contributed by atoms with Gasteiger partial charge in [-0.15, -0.1) is 0 Å². The number of nitrogens with one attached hydrogen (secondary N) is 1. The predicted octanol–water partition coefficient (Wildman–Crippen LogP) is 1.75. The van der Waals surface area contributed by atoms with Gasteiger partial charge in [0.2, 0.25) is 11.8 Å². The molecule has 2 amide bonds.